The Balaban J connectivity index is 1.99. The average Bonchev–Trinajstić information content (AvgIpc) is 2.87. The number of benzene rings is 2. The summed E-state index contributed by atoms with van der Waals surface area (Å²) in [6.45, 7) is 1.24. The molecule has 2 atom stereocenters. The van der Waals surface area contributed by atoms with Crippen LogP contribution in [-0.4, -0.2) is 49.8 Å². The molecule has 0 radical (unpaired) electrons. The zero-order chi connectivity index (χ0) is 28.1. The molecule has 0 spiro atoms. The van der Waals surface area contributed by atoms with E-state index in [1.807, 2.05) is 0 Å². The van der Waals surface area contributed by atoms with E-state index in [-0.39, 0.29) is 55.1 Å². The fourth-order valence-electron chi connectivity index (χ4n) is 5.12. The van der Waals surface area contributed by atoms with E-state index in [0.29, 0.717) is 0 Å². The van der Waals surface area contributed by atoms with Crippen molar-refractivity contribution in [3.8, 4) is 6.07 Å². The van der Waals surface area contributed by atoms with Gasteiger partial charge in [-0.2, -0.15) is 18.4 Å². The maximum atomic E-state index is 14.9. The van der Waals surface area contributed by atoms with E-state index in [2.05, 4.69) is 6.07 Å². The maximum Gasteiger partial charge on any atom is 0.430 e. The predicted molar refractivity (Wildman–Crippen MR) is 130 cm³/mol. The molecule has 204 valence electrons. The van der Waals surface area contributed by atoms with E-state index in [1.54, 1.807) is 6.92 Å². The lowest BCUT2D eigenvalue weighted by atomic mass is 9.64. The minimum atomic E-state index is -5.08. The Bertz CT molecular complexity index is 1190. The van der Waals surface area contributed by atoms with Crippen molar-refractivity contribution in [2.45, 2.75) is 43.9 Å². The van der Waals surface area contributed by atoms with Crippen LogP contribution >= 0.6 is 11.6 Å². The van der Waals surface area contributed by atoms with Crippen LogP contribution in [0.15, 0.2) is 48.5 Å². The number of amides is 1. The van der Waals surface area contributed by atoms with E-state index in [4.69, 9.17) is 21.1 Å². The largest absolute Gasteiger partial charge is 0.466 e. The highest BCUT2D eigenvalue weighted by Crippen LogP contribution is 2.50. The van der Waals surface area contributed by atoms with Gasteiger partial charge in [0.05, 0.1) is 25.0 Å². The summed E-state index contributed by atoms with van der Waals surface area (Å²) in [5.74, 6) is -3.84. The Kier molecular flexibility index (Phi) is 9.05. The molecule has 2 aromatic carbocycles. The molecule has 1 unspecified atom stereocenters. The first-order valence-corrected chi connectivity index (χ1v) is 12.3. The normalized spacial score (nSPS) is 17.7. The van der Waals surface area contributed by atoms with E-state index in [9.17, 15) is 32.4 Å². The number of likely N-dealkylation sites (tertiary alicyclic amines) is 1. The highest BCUT2D eigenvalue weighted by Gasteiger charge is 2.64. The summed E-state index contributed by atoms with van der Waals surface area (Å²) in [5.41, 5.74) is -4.81. The number of esters is 1. The molecule has 0 aliphatic carbocycles. The van der Waals surface area contributed by atoms with E-state index >= 15 is 0 Å². The Morgan fingerprint density at radius 1 is 1.16 bits per heavy atom. The highest BCUT2D eigenvalue weighted by atomic mass is 35.5. The second-order valence-electron chi connectivity index (χ2n) is 9.11. The standard InChI is InChI=1S/C27H27ClF4N2O4/c1-3-38-23(35)16-25(21(17-33)20-10-9-19(28)15-22(20)29)11-13-34(14-12-25)24(36)26(37-2,27(30,31)32)18-7-5-4-6-8-18/h4-10,15,21H,3,11-14,16H2,1-2H3/t21?,26-/m1/s1. The van der Waals surface area contributed by atoms with Crippen molar-refractivity contribution < 1.29 is 36.6 Å². The lowest BCUT2D eigenvalue weighted by Gasteiger charge is -2.46. The zero-order valence-corrected chi connectivity index (χ0v) is 21.6. The van der Waals surface area contributed by atoms with Crippen LogP contribution in [0.3, 0.4) is 0 Å². The molecular weight excluding hydrogens is 528 g/mol. The van der Waals surface area contributed by atoms with Crippen molar-refractivity contribution in [2.75, 3.05) is 26.8 Å². The van der Waals surface area contributed by atoms with Crippen LogP contribution in [-0.2, 0) is 24.7 Å². The number of alkyl halides is 3. The van der Waals surface area contributed by atoms with Crippen LogP contribution in [0.2, 0.25) is 5.02 Å². The van der Waals surface area contributed by atoms with Gasteiger partial charge >= 0.3 is 12.1 Å². The molecule has 2 aromatic rings. The van der Waals surface area contributed by atoms with Gasteiger partial charge in [-0.1, -0.05) is 48.0 Å². The van der Waals surface area contributed by atoms with Crippen molar-refractivity contribution >= 4 is 23.5 Å². The van der Waals surface area contributed by atoms with Gasteiger partial charge in [-0.15, -0.1) is 0 Å². The third-order valence-electron chi connectivity index (χ3n) is 7.05. The summed E-state index contributed by atoms with van der Waals surface area (Å²) in [5, 5.41) is 10.2. The smallest absolute Gasteiger partial charge is 0.430 e. The molecule has 0 aromatic heterocycles. The monoisotopic (exact) mass is 554 g/mol. The molecular formula is C27H27ClF4N2O4. The molecule has 1 aliphatic heterocycles. The number of hydrogen-bond donors (Lipinski definition) is 0. The number of nitrogens with zero attached hydrogens (tertiary/aromatic N) is 2. The van der Waals surface area contributed by atoms with Crippen LogP contribution in [0.1, 0.15) is 43.2 Å². The van der Waals surface area contributed by atoms with Crippen LogP contribution in [0.5, 0.6) is 0 Å². The summed E-state index contributed by atoms with van der Waals surface area (Å²) in [6, 6.07) is 12.5. The Morgan fingerprint density at radius 3 is 2.29 bits per heavy atom. The average molecular weight is 555 g/mol. The van der Waals surface area contributed by atoms with E-state index in [1.165, 1.54) is 42.5 Å². The second kappa shape index (κ2) is 11.7. The van der Waals surface area contributed by atoms with Gasteiger partial charge in [0.15, 0.2) is 0 Å². The number of carbonyl (C=O) groups excluding carboxylic acids is 2. The second-order valence-corrected chi connectivity index (χ2v) is 9.55. The summed E-state index contributed by atoms with van der Waals surface area (Å²) < 4.78 is 68.1. The number of hydrogen-bond acceptors (Lipinski definition) is 5. The van der Waals surface area contributed by atoms with Crippen molar-refractivity contribution in [3.05, 3.63) is 70.5 Å². The number of halogens is 5. The summed E-state index contributed by atoms with van der Waals surface area (Å²) in [4.78, 5) is 27.0. The van der Waals surface area contributed by atoms with Crippen molar-refractivity contribution in [2.24, 2.45) is 5.41 Å². The van der Waals surface area contributed by atoms with Crippen LogP contribution in [0.25, 0.3) is 0 Å². The van der Waals surface area contributed by atoms with Gasteiger partial charge in [0, 0.05) is 41.8 Å². The van der Waals surface area contributed by atoms with Gasteiger partial charge in [0.1, 0.15) is 5.82 Å². The molecule has 6 nitrogen and oxygen atoms in total. The summed E-state index contributed by atoms with van der Waals surface area (Å²) in [7, 11) is 0.822. The van der Waals surface area contributed by atoms with Crippen molar-refractivity contribution in [1.82, 2.24) is 4.90 Å². The Labute approximate surface area is 223 Å². The molecule has 38 heavy (non-hydrogen) atoms. The molecule has 1 saturated heterocycles. The molecule has 0 bridgehead atoms. The van der Waals surface area contributed by atoms with E-state index in [0.717, 1.165) is 18.1 Å². The lowest BCUT2D eigenvalue weighted by molar-refractivity contribution is -0.271. The fourth-order valence-corrected chi connectivity index (χ4v) is 5.28. The van der Waals surface area contributed by atoms with Gasteiger partial charge in [-0.3, -0.25) is 9.59 Å². The van der Waals surface area contributed by atoms with Crippen molar-refractivity contribution in [3.63, 3.8) is 0 Å². The third-order valence-corrected chi connectivity index (χ3v) is 7.29. The van der Waals surface area contributed by atoms with Gasteiger partial charge in [-0.05, 0) is 31.9 Å². The SMILES string of the molecule is CCOC(=O)CC1(C(C#N)c2ccc(Cl)cc2F)CCN(C(=O)[C@](OC)(c2ccccc2)C(F)(F)F)CC1. The van der Waals surface area contributed by atoms with Gasteiger partial charge < -0.3 is 14.4 Å². The van der Waals surface area contributed by atoms with Crippen LogP contribution in [0.4, 0.5) is 17.6 Å². The molecule has 1 heterocycles. The van der Waals surface area contributed by atoms with Crippen LogP contribution in [0, 0.1) is 22.6 Å². The number of ether oxygens (including phenoxy) is 2. The van der Waals surface area contributed by atoms with Gasteiger partial charge in [-0.25, -0.2) is 4.39 Å². The number of nitriles is 1. The highest BCUT2D eigenvalue weighted by molar-refractivity contribution is 6.30. The summed E-state index contributed by atoms with van der Waals surface area (Å²) in [6.07, 6.45) is -5.47. The molecule has 1 amide bonds. The van der Waals surface area contributed by atoms with E-state index < -0.39 is 40.8 Å². The van der Waals surface area contributed by atoms with Gasteiger partial charge in [0.25, 0.3) is 11.5 Å². The molecule has 3 rings (SSSR count). The minimum Gasteiger partial charge on any atom is -0.466 e. The first-order chi connectivity index (χ1) is 18.0. The minimum absolute atomic E-state index is 0.00629. The first-order valence-electron chi connectivity index (χ1n) is 11.9. The number of carbonyl (C=O) groups is 2. The molecule has 0 saturated carbocycles. The zero-order valence-electron chi connectivity index (χ0n) is 20.9. The van der Waals surface area contributed by atoms with Gasteiger partial charge in [0.2, 0.25) is 0 Å². The Morgan fingerprint density at radius 2 is 1.79 bits per heavy atom. The quantitative estimate of drug-likeness (QED) is 0.306. The molecule has 0 N–H and O–H groups in total. The number of piperidine rings is 1. The molecule has 1 fully saturated rings. The van der Waals surface area contributed by atoms with Crippen molar-refractivity contribution in [1.29, 1.82) is 5.26 Å². The topological polar surface area (TPSA) is 79.6 Å². The molecule has 1 aliphatic rings. The number of methoxy groups -OCH3 is 1. The molecule has 11 heteroatoms. The fraction of sp³-hybridized carbons (Fsp3) is 0.444. The first kappa shape index (κ1) is 29.4. The third kappa shape index (κ3) is 5.49. The predicted octanol–water partition coefficient (Wildman–Crippen LogP) is 5.75. The Hall–Kier alpha value is -3.16. The maximum absolute atomic E-state index is 14.9. The lowest BCUT2D eigenvalue weighted by Crippen LogP contribution is -2.59. The van der Waals surface area contributed by atoms with Crippen LogP contribution < -0.4 is 0 Å². The summed E-state index contributed by atoms with van der Waals surface area (Å²) >= 11 is 5.86. The number of rotatable bonds is 8.